The number of nitrogens with one attached hydrogen (secondary N) is 1. The molecule has 1 rings (SSSR count). The smallest absolute Gasteiger partial charge is 0.748 e. The third-order valence-corrected chi connectivity index (χ3v) is 2.60. The maximum Gasteiger partial charge on any atom is 1.00 e. The maximum atomic E-state index is 10.3. The van der Waals surface area contributed by atoms with E-state index in [1.165, 1.54) is 0 Å². The van der Waals surface area contributed by atoms with E-state index in [0.717, 1.165) is 5.69 Å². The predicted molar refractivity (Wildman–Crippen MR) is 58.5 cm³/mol. The summed E-state index contributed by atoms with van der Waals surface area (Å²) in [4.78, 5) is 0. The standard InChI is InChI=1S/C9H14N2O3S.K/c10-8-2-4-9(5-3-8)11-6-1-7-15(12,13)14;/h2-5,11H,1,6-7,10H2,(H,12,13,14);/q;+1/p-1. The van der Waals surface area contributed by atoms with Gasteiger partial charge in [0.2, 0.25) is 0 Å². The van der Waals surface area contributed by atoms with Gasteiger partial charge in [-0.15, -0.1) is 0 Å². The van der Waals surface area contributed by atoms with Crippen LogP contribution in [-0.4, -0.2) is 25.3 Å². The summed E-state index contributed by atoms with van der Waals surface area (Å²) in [6.45, 7) is 0.450. The van der Waals surface area contributed by atoms with Gasteiger partial charge < -0.3 is 15.6 Å². The average molecular weight is 268 g/mol. The van der Waals surface area contributed by atoms with Crippen LogP contribution in [0.5, 0.6) is 0 Å². The van der Waals surface area contributed by atoms with Crippen LogP contribution >= 0.6 is 0 Å². The monoisotopic (exact) mass is 268 g/mol. The summed E-state index contributed by atoms with van der Waals surface area (Å²) in [5.41, 5.74) is 7.01. The first-order valence-electron chi connectivity index (χ1n) is 4.50. The molecule has 16 heavy (non-hydrogen) atoms. The summed E-state index contributed by atoms with van der Waals surface area (Å²) in [6, 6.07) is 7.07. The van der Waals surface area contributed by atoms with E-state index in [2.05, 4.69) is 5.32 Å². The van der Waals surface area contributed by atoms with Gasteiger partial charge >= 0.3 is 51.4 Å². The normalized spacial score (nSPS) is 10.6. The Bertz CT molecular complexity index is 405. The van der Waals surface area contributed by atoms with Gasteiger partial charge in [0.05, 0.1) is 10.1 Å². The Labute approximate surface area is 138 Å². The van der Waals surface area contributed by atoms with Crippen molar-refractivity contribution in [1.29, 1.82) is 0 Å². The van der Waals surface area contributed by atoms with Crippen LogP contribution in [0.2, 0.25) is 0 Å². The van der Waals surface area contributed by atoms with Crippen molar-refractivity contribution in [2.24, 2.45) is 0 Å². The van der Waals surface area contributed by atoms with Crippen molar-refractivity contribution in [3.63, 3.8) is 0 Å². The van der Waals surface area contributed by atoms with Gasteiger partial charge in [-0.05, 0) is 30.7 Å². The van der Waals surface area contributed by atoms with Crippen LogP contribution in [0.15, 0.2) is 24.3 Å². The minimum absolute atomic E-state index is 0. The first kappa shape index (κ1) is 16.4. The molecule has 0 fully saturated rings. The van der Waals surface area contributed by atoms with Gasteiger partial charge in [-0.25, -0.2) is 8.42 Å². The minimum Gasteiger partial charge on any atom is -0.748 e. The van der Waals surface area contributed by atoms with Crippen molar-refractivity contribution in [2.75, 3.05) is 23.3 Å². The van der Waals surface area contributed by atoms with E-state index in [1.54, 1.807) is 24.3 Å². The maximum absolute atomic E-state index is 10.3. The number of nitrogen functional groups attached to an aromatic ring is 1. The SMILES string of the molecule is Nc1ccc(NCCCS(=O)(=O)[O-])cc1.[K+]. The third-order valence-electron chi connectivity index (χ3n) is 1.81. The molecule has 0 saturated carbocycles. The zero-order valence-corrected chi connectivity index (χ0v) is 13.1. The molecule has 0 radical (unpaired) electrons. The second-order valence-corrected chi connectivity index (χ2v) is 4.69. The molecule has 0 aromatic heterocycles. The van der Waals surface area contributed by atoms with E-state index in [-0.39, 0.29) is 57.1 Å². The van der Waals surface area contributed by atoms with Crippen LogP contribution in [-0.2, 0) is 10.1 Å². The fraction of sp³-hybridized carbons (Fsp3) is 0.333. The zero-order chi connectivity index (χ0) is 11.3. The molecule has 0 bridgehead atoms. The number of hydrogen-bond acceptors (Lipinski definition) is 5. The molecule has 5 nitrogen and oxygen atoms in total. The molecule has 84 valence electrons. The number of benzene rings is 1. The second kappa shape index (κ2) is 7.65. The molecule has 0 aliphatic rings. The number of hydrogen-bond donors (Lipinski definition) is 2. The van der Waals surface area contributed by atoms with Gasteiger partial charge in [-0.2, -0.15) is 0 Å². The molecule has 0 atom stereocenters. The van der Waals surface area contributed by atoms with E-state index in [0.29, 0.717) is 18.7 Å². The topological polar surface area (TPSA) is 95.2 Å². The van der Waals surface area contributed by atoms with Crippen molar-refractivity contribution in [1.82, 2.24) is 0 Å². The molecule has 7 heteroatoms. The van der Waals surface area contributed by atoms with Crippen LogP contribution < -0.4 is 62.4 Å². The van der Waals surface area contributed by atoms with Crippen molar-refractivity contribution in [2.45, 2.75) is 6.42 Å². The molecule has 0 unspecified atom stereocenters. The zero-order valence-electron chi connectivity index (χ0n) is 9.14. The van der Waals surface area contributed by atoms with Crippen molar-refractivity contribution in [3.8, 4) is 0 Å². The molecular weight excluding hydrogens is 255 g/mol. The first-order chi connectivity index (χ1) is 6.97. The van der Waals surface area contributed by atoms with Gasteiger partial charge in [0.25, 0.3) is 0 Å². The van der Waals surface area contributed by atoms with Crippen LogP contribution in [0.25, 0.3) is 0 Å². The van der Waals surface area contributed by atoms with Crippen LogP contribution in [0.3, 0.4) is 0 Å². The van der Waals surface area contributed by atoms with E-state index in [4.69, 9.17) is 5.73 Å². The molecule has 0 aliphatic carbocycles. The molecule has 0 aliphatic heterocycles. The van der Waals surface area contributed by atoms with Crippen molar-refractivity contribution < 1.29 is 64.4 Å². The summed E-state index contributed by atoms with van der Waals surface area (Å²) < 4.78 is 30.9. The fourth-order valence-corrected chi connectivity index (χ4v) is 1.58. The second-order valence-electron chi connectivity index (χ2n) is 3.16. The quantitative estimate of drug-likeness (QED) is 0.269. The Morgan fingerprint density at radius 3 is 2.31 bits per heavy atom. The van der Waals surface area contributed by atoms with Gasteiger partial charge in [0.1, 0.15) is 0 Å². The Hall–Kier alpha value is 0.366. The van der Waals surface area contributed by atoms with Crippen LogP contribution in [0.4, 0.5) is 11.4 Å². The van der Waals surface area contributed by atoms with E-state index in [9.17, 15) is 13.0 Å². The van der Waals surface area contributed by atoms with Crippen molar-refractivity contribution in [3.05, 3.63) is 24.3 Å². The summed E-state index contributed by atoms with van der Waals surface area (Å²) in [5, 5.41) is 2.99. The van der Waals surface area contributed by atoms with Crippen LogP contribution in [0, 0.1) is 0 Å². The number of anilines is 2. The van der Waals surface area contributed by atoms with Crippen LogP contribution in [0.1, 0.15) is 6.42 Å². The van der Waals surface area contributed by atoms with Gasteiger partial charge in [-0.3, -0.25) is 0 Å². The van der Waals surface area contributed by atoms with Gasteiger partial charge in [-0.1, -0.05) is 0 Å². The molecule has 0 heterocycles. The summed E-state index contributed by atoms with van der Waals surface area (Å²) in [7, 11) is -4.10. The molecule has 3 N–H and O–H groups in total. The number of nitrogens with two attached hydrogens (primary N) is 1. The Kier molecular flexibility index (Phi) is 7.82. The summed E-state index contributed by atoms with van der Waals surface area (Å²) >= 11 is 0. The van der Waals surface area contributed by atoms with E-state index >= 15 is 0 Å². The molecule has 0 saturated heterocycles. The van der Waals surface area contributed by atoms with E-state index in [1.807, 2.05) is 0 Å². The molecular formula is C9H13KN2O3S. The Morgan fingerprint density at radius 2 is 1.81 bits per heavy atom. The van der Waals surface area contributed by atoms with Gasteiger partial charge in [0.15, 0.2) is 0 Å². The summed E-state index contributed by atoms with van der Waals surface area (Å²) in [5.74, 6) is -0.338. The van der Waals surface area contributed by atoms with Crippen molar-refractivity contribution >= 4 is 21.5 Å². The molecule has 1 aromatic rings. The molecule has 0 amide bonds. The first-order valence-corrected chi connectivity index (χ1v) is 6.08. The molecule has 1 aromatic carbocycles. The van der Waals surface area contributed by atoms with Gasteiger partial charge in [0, 0.05) is 23.7 Å². The van der Waals surface area contributed by atoms with E-state index < -0.39 is 10.1 Å². The Balaban J connectivity index is 0.00000225. The minimum atomic E-state index is -4.10. The summed E-state index contributed by atoms with van der Waals surface area (Å²) in [6.07, 6.45) is 0.302. The third kappa shape index (κ3) is 7.61. The Morgan fingerprint density at radius 1 is 1.25 bits per heavy atom. The average Bonchev–Trinajstić information content (AvgIpc) is 2.14. The predicted octanol–water partition coefficient (Wildman–Crippen LogP) is -2.38. The largest absolute Gasteiger partial charge is 1.00 e. The number of rotatable bonds is 5. The fourth-order valence-electron chi connectivity index (χ4n) is 1.08. The molecule has 0 spiro atoms.